The molecule has 4 aromatic rings. The van der Waals surface area contributed by atoms with Gasteiger partial charge in [0.15, 0.2) is 5.69 Å². The molecular weight excluding hydrogens is 430 g/mol. The van der Waals surface area contributed by atoms with Crippen LogP contribution >= 0.6 is 11.3 Å². The molecule has 9 nitrogen and oxygen atoms in total. The van der Waals surface area contributed by atoms with Gasteiger partial charge in [0, 0.05) is 34.8 Å². The van der Waals surface area contributed by atoms with E-state index in [1.807, 2.05) is 41.8 Å². The van der Waals surface area contributed by atoms with E-state index in [1.54, 1.807) is 0 Å². The zero-order valence-electron chi connectivity index (χ0n) is 16.7. The van der Waals surface area contributed by atoms with Crippen molar-refractivity contribution in [3.63, 3.8) is 0 Å². The molecule has 0 saturated heterocycles. The first-order valence-corrected chi connectivity index (χ1v) is 10.1. The molecule has 0 radical (unpaired) electrons. The van der Waals surface area contributed by atoms with Crippen LogP contribution in [0, 0.1) is 21.4 Å². The smallest absolute Gasteiger partial charge is 0.357 e. The molecule has 0 aliphatic heterocycles. The second-order valence-corrected chi connectivity index (χ2v) is 7.50. The van der Waals surface area contributed by atoms with Crippen LogP contribution in [0.15, 0.2) is 60.1 Å². The molecule has 0 aliphatic rings. The summed E-state index contributed by atoms with van der Waals surface area (Å²) in [5.74, 6) is -0.739. The third kappa shape index (κ3) is 3.57. The number of benzene rings is 2. The Morgan fingerprint density at radius 3 is 2.69 bits per heavy atom. The largest absolute Gasteiger partial charge is 0.464 e. The number of ether oxygens (including phenoxy) is 1. The monoisotopic (exact) mass is 445 g/mol. The third-order valence-corrected chi connectivity index (χ3v) is 5.67. The summed E-state index contributed by atoms with van der Waals surface area (Å²) in [6.45, 7) is 0. The molecule has 0 atom stereocenters. The summed E-state index contributed by atoms with van der Waals surface area (Å²) in [4.78, 5) is 28.0. The standard InChI is InChI=1S/C22H15N5O4S/c1-31-22(28)20-19(24)14(10-23)11-26(20)18-8-7-15(27(29)30)9-16(18)21-25-17(12-32-21)13-5-3-2-4-6-13/h2-9,11-12H,24H2,1H3. The van der Waals surface area contributed by atoms with Gasteiger partial charge in [-0.25, -0.2) is 9.78 Å². The van der Waals surface area contributed by atoms with Gasteiger partial charge in [-0.2, -0.15) is 5.26 Å². The minimum atomic E-state index is -0.739. The quantitative estimate of drug-likeness (QED) is 0.273. The predicted molar refractivity (Wildman–Crippen MR) is 119 cm³/mol. The van der Waals surface area contributed by atoms with Crippen molar-refractivity contribution >= 4 is 28.7 Å². The zero-order valence-corrected chi connectivity index (χ0v) is 17.5. The molecule has 2 aromatic carbocycles. The fraction of sp³-hybridized carbons (Fsp3) is 0.0455. The van der Waals surface area contributed by atoms with Crippen molar-refractivity contribution in [1.29, 1.82) is 5.26 Å². The molecule has 2 heterocycles. The average molecular weight is 445 g/mol. The summed E-state index contributed by atoms with van der Waals surface area (Å²) in [6.07, 6.45) is 1.40. The molecule has 0 amide bonds. The lowest BCUT2D eigenvalue weighted by Gasteiger charge is -2.12. The van der Waals surface area contributed by atoms with Crippen LogP contribution in [0.3, 0.4) is 0 Å². The Kier molecular flexibility index (Phi) is 5.41. The van der Waals surface area contributed by atoms with E-state index in [4.69, 9.17) is 10.5 Å². The van der Waals surface area contributed by atoms with Crippen molar-refractivity contribution in [3.8, 4) is 33.6 Å². The fourth-order valence-electron chi connectivity index (χ4n) is 3.26. The number of nitro benzene ring substituents is 1. The topological polar surface area (TPSA) is 137 Å². The molecule has 0 aliphatic carbocycles. The molecular formula is C22H15N5O4S. The Labute approximate surface area is 186 Å². The molecule has 0 spiro atoms. The Morgan fingerprint density at radius 2 is 2.03 bits per heavy atom. The van der Waals surface area contributed by atoms with Gasteiger partial charge in [0.05, 0.1) is 34.7 Å². The summed E-state index contributed by atoms with van der Waals surface area (Å²) < 4.78 is 6.24. The lowest BCUT2D eigenvalue weighted by molar-refractivity contribution is -0.384. The van der Waals surface area contributed by atoms with Crippen molar-refractivity contribution in [3.05, 3.63) is 81.5 Å². The normalized spacial score (nSPS) is 10.5. The van der Waals surface area contributed by atoms with Gasteiger partial charge in [-0.1, -0.05) is 30.3 Å². The number of thiazole rings is 1. The number of hydrogen-bond donors (Lipinski definition) is 1. The minimum Gasteiger partial charge on any atom is -0.464 e. The molecule has 0 fully saturated rings. The Morgan fingerprint density at radius 1 is 1.28 bits per heavy atom. The SMILES string of the molecule is COC(=O)c1c(N)c(C#N)cn1-c1ccc([N+](=O)[O-])cc1-c1nc(-c2ccccc2)cs1. The van der Waals surface area contributed by atoms with E-state index in [1.165, 1.54) is 47.4 Å². The molecule has 0 bridgehead atoms. The molecule has 10 heteroatoms. The van der Waals surface area contributed by atoms with Crippen molar-refractivity contribution in [1.82, 2.24) is 9.55 Å². The van der Waals surface area contributed by atoms with Gasteiger partial charge in [-0.3, -0.25) is 10.1 Å². The lowest BCUT2D eigenvalue weighted by Crippen LogP contribution is -2.11. The Hall–Kier alpha value is -4.49. The second kappa shape index (κ2) is 8.33. The fourth-order valence-corrected chi connectivity index (χ4v) is 4.12. The summed E-state index contributed by atoms with van der Waals surface area (Å²) in [5.41, 5.74) is 8.30. The maximum atomic E-state index is 12.4. The number of carbonyl (C=O) groups excluding carboxylic acids is 1. The van der Waals surface area contributed by atoms with Crippen LogP contribution < -0.4 is 5.73 Å². The molecule has 0 unspecified atom stereocenters. The van der Waals surface area contributed by atoms with Crippen LogP contribution in [-0.2, 0) is 4.74 Å². The Bertz CT molecular complexity index is 1390. The van der Waals surface area contributed by atoms with E-state index in [9.17, 15) is 20.2 Å². The number of esters is 1. The highest BCUT2D eigenvalue weighted by Gasteiger charge is 2.25. The molecule has 2 aromatic heterocycles. The van der Waals surface area contributed by atoms with Gasteiger partial charge < -0.3 is 15.0 Å². The number of nitriles is 1. The number of nitro groups is 1. The number of aromatic nitrogens is 2. The molecule has 2 N–H and O–H groups in total. The molecule has 32 heavy (non-hydrogen) atoms. The molecule has 158 valence electrons. The van der Waals surface area contributed by atoms with Gasteiger partial charge in [0.1, 0.15) is 11.1 Å². The number of methoxy groups -OCH3 is 1. The summed E-state index contributed by atoms with van der Waals surface area (Å²) in [7, 11) is 1.20. The van der Waals surface area contributed by atoms with Crippen molar-refractivity contribution in [2.75, 3.05) is 12.8 Å². The van der Waals surface area contributed by atoms with Crippen LogP contribution in [0.4, 0.5) is 11.4 Å². The number of nitrogen functional groups attached to an aromatic ring is 1. The maximum Gasteiger partial charge on any atom is 0.357 e. The highest BCUT2D eigenvalue weighted by atomic mass is 32.1. The first-order valence-electron chi connectivity index (χ1n) is 9.24. The van der Waals surface area contributed by atoms with Gasteiger partial charge in [0.2, 0.25) is 0 Å². The van der Waals surface area contributed by atoms with Gasteiger partial charge >= 0.3 is 5.97 Å². The van der Waals surface area contributed by atoms with E-state index in [2.05, 4.69) is 4.98 Å². The first kappa shape index (κ1) is 20.8. The van der Waals surface area contributed by atoms with Crippen LogP contribution in [0.1, 0.15) is 16.1 Å². The number of anilines is 1. The average Bonchev–Trinajstić information content (AvgIpc) is 3.43. The zero-order chi connectivity index (χ0) is 22.8. The van der Waals surface area contributed by atoms with Crippen LogP contribution in [0.2, 0.25) is 0 Å². The second-order valence-electron chi connectivity index (χ2n) is 6.64. The number of non-ortho nitro benzene ring substituents is 1. The first-order chi connectivity index (χ1) is 15.4. The van der Waals surface area contributed by atoms with E-state index in [0.717, 1.165) is 5.56 Å². The number of rotatable bonds is 5. The van der Waals surface area contributed by atoms with Crippen molar-refractivity contribution < 1.29 is 14.5 Å². The molecule has 4 rings (SSSR count). The number of nitrogens with zero attached hydrogens (tertiary/aromatic N) is 4. The van der Waals surface area contributed by atoms with Crippen molar-refractivity contribution in [2.24, 2.45) is 0 Å². The summed E-state index contributed by atoms with van der Waals surface area (Å²) in [6, 6.07) is 15.6. The molecule has 0 saturated carbocycles. The highest BCUT2D eigenvalue weighted by Crippen LogP contribution is 2.37. The highest BCUT2D eigenvalue weighted by molar-refractivity contribution is 7.13. The third-order valence-electron chi connectivity index (χ3n) is 4.80. The summed E-state index contributed by atoms with van der Waals surface area (Å²) in [5, 5.41) is 23.2. The van der Waals surface area contributed by atoms with Gasteiger partial charge in [-0.15, -0.1) is 11.3 Å². The summed E-state index contributed by atoms with van der Waals surface area (Å²) >= 11 is 1.30. The number of carbonyl (C=O) groups is 1. The van der Waals surface area contributed by atoms with Crippen molar-refractivity contribution in [2.45, 2.75) is 0 Å². The minimum absolute atomic E-state index is 0.0345. The van der Waals surface area contributed by atoms with Gasteiger partial charge in [0.25, 0.3) is 5.69 Å². The predicted octanol–water partition coefficient (Wildman–Crippen LogP) is 4.42. The van der Waals surface area contributed by atoms with Crippen LogP contribution in [0.5, 0.6) is 0 Å². The van der Waals surface area contributed by atoms with E-state index >= 15 is 0 Å². The van der Waals surface area contributed by atoms with E-state index in [-0.39, 0.29) is 22.6 Å². The van der Waals surface area contributed by atoms with E-state index in [0.29, 0.717) is 22.0 Å². The van der Waals surface area contributed by atoms with Crippen LogP contribution in [0.25, 0.3) is 27.5 Å². The Balaban J connectivity index is 1.95. The maximum absolute atomic E-state index is 12.4. The lowest BCUT2D eigenvalue weighted by atomic mass is 10.1. The number of hydrogen-bond acceptors (Lipinski definition) is 8. The van der Waals surface area contributed by atoms with Gasteiger partial charge in [-0.05, 0) is 6.07 Å². The number of nitrogens with two attached hydrogens (primary N) is 1. The van der Waals surface area contributed by atoms with Crippen LogP contribution in [-0.4, -0.2) is 27.6 Å². The van der Waals surface area contributed by atoms with E-state index < -0.39 is 10.9 Å².